The first-order valence-electron chi connectivity index (χ1n) is 8.34. The Morgan fingerprint density at radius 1 is 1.14 bits per heavy atom. The summed E-state index contributed by atoms with van der Waals surface area (Å²) in [6.45, 7) is 2.34. The molecule has 3 rings (SSSR count). The van der Waals surface area contributed by atoms with Crippen LogP contribution in [-0.2, 0) is 4.79 Å². The lowest BCUT2D eigenvalue weighted by Gasteiger charge is -2.44. The lowest BCUT2D eigenvalue weighted by molar-refractivity contribution is -0.114. The molecular formula is C18H24N2O2. The summed E-state index contributed by atoms with van der Waals surface area (Å²) in [5.41, 5.74) is 1.37. The minimum Gasteiger partial charge on any atom is -0.335 e. The maximum absolute atomic E-state index is 12.9. The second-order valence-electron chi connectivity index (χ2n) is 6.51. The number of carbonyl (C=O) groups excluding carboxylic acids is 2. The summed E-state index contributed by atoms with van der Waals surface area (Å²) in [6, 6.07) is 7.70. The van der Waals surface area contributed by atoms with E-state index >= 15 is 0 Å². The number of hydrogen-bond donors (Lipinski definition) is 1. The monoisotopic (exact) mass is 300 g/mol. The molecule has 1 saturated heterocycles. The van der Waals surface area contributed by atoms with Crippen molar-refractivity contribution in [3.05, 3.63) is 29.8 Å². The average Bonchev–Trinajstić information content (AvgIpc) is 2.53. The molecule has 2 aliphatic rings. The van der Waals surface area contributed by atoms with Crippen LogP contribution in [0.15, 0.2) is 24.3 Å². The van der Waals surface area contributed by atoms with Crippen molar-refractivity contribution in [1.82, 2.24) is 4.90 Å². The molecule has 4 nitrogen and oxygen atoms in total. The van der Waals surface area contributed by atoms with E-state index in [2.05, 4.69) is 10.2 Å². The van der Waals surface area contributed by atoms with Gasteiger partial charge in [0.1, 0.15) is 0 Å². The van der Waals surface area contributed by atoms with Gasteiger partial charge in [0.15, 0.2) is 0 Å². The number of rotatable bonds is 2. The molecule has 2 fully saturated rings. The van der Waals surface area contributed by atoms with Crippen molar-refractivity contribution in [1.29, 1.82) is 0 Å². The highest BCUT2D eigenvalue weighted by molar-refractivity contribution is 5.97. The van der Waals surface area contributed by atoms with Gasteiger partial charge in [-0.05, 0) is 49.8 Å². The second kappa shape index (κ2) is 6.51. The summed E-state index contributed by atoms with van der Waals surface area (Å²) in [5.74, 6) is 0.684. The number of fused-ring (bicyclic) bond motifs is 1. The number of amides is 2. The maximum Gasteiger partial charge on any atom is 0.254 e. The number of piperidine rings is 1. The quantitative estimate of drug-likeness (QED) is 0.909. The SMILES string of the molecule is CC(=O)Nc1cccc(C(=O)N2CCC[C@@H]3CCCC[C@H]32)c1. The Hall–Kier alpha value is -1.84. The van der Waals surface area contributed by atoms with Crippen molar-refractivity contribution in [3.8, 4) is 0 Å². The van der Waals surface area contributed by atoms with Gasteiger partial charge >= 0.3 is 0 Å². The van der Waals surface area contributed by atoms with Gasteiger partial charge in [-0.25, -0.2) is 0 Å². The Labute approximate surface area is 131 Å². The van der Waals surface area contributed by atoms with Crippen LogP contribution < -0.4 is 5.32 Å². The van der Waals surface area contributed by atoms with Gasteiger partial charge in [0.25, 0.3) is 5.91 Å². The van der Waals surface area contributed by atoms with E-state index in [0.29, 0.717) is 23.2 Å². The zero-order valence-electron chi connectivity index (χ0n) is 13.2. The van der Waals surface area contributed by atoms with Crippen molar-refractivity contribution >= 4 is 17.5 Å². The van der Waals surface area contributed by atoms with Crippen LogP contribution in [-0.4, -0.2) is 29.3 Å². The zero-order chi connectivity index (χ0) is 15.5. The fourth-order valence-corrected chi connectivity index (χ4v) is 3.98. The molecule has 1 aromatic carbocycles. The van der Waals surface area contributed by atoms with Crippen LogP contribution in [0, 0.1) is 5.92 Å². The van der Waals surface area contributed by atoms with Crippen LogP contribution in [0.4, 0.5) is 5.69 Å². The standard InChI is InChI=1S/C18H24N2O2/c1-13(21)19-16-9-4-7-15(12-16)18(22)20-11-5-8-14-6-2-3-10-17(14)20/h4,7,9,12,14,17H,2-3,5-6,8,10-11H2,1H3,(H,19,21)/t14-,17+/m0/s1. The Balaban J connectivity index is 1.79. The molecule has 1 heterocycles. The second-order valence-corrected chi connectivity index (χ2v) is 6.51. The molecule has 4 heteroatoms. The topological polar surface area (TPSA) is 49.4 Å². The van der Waals surface area contributed by atoms with Crippen molar-refractivity contribution in [2.45, 2.75) is 51.5 Å². The van der Waals surface area contributed by atoms with Crippen LogP contribution in [0.25, 0.3) is 0 Å². The van der Waals surface area contributed by atoms with Gasteiger partial charge in [0.05, 0.1) is 0 Å². The van der Waals surface area contributed by atoms with Crippen LogP contribution in [0.1, 0.15) is 55.8 Å². The molecule has 118 valence electrons. The maximum atomic E-state index is 12.9. The number of benzene rings is 1. The van der Waals surface area contributed by atoms with Gasteiger partial charge in [-0.1, -0.05) is 18.9 Å². The molecule has 1 aliphatic heterocycles. The van der Waals surface area contributed by atoms with Crippen LogP contribution in [0.2, 0.25) is 0 Å². The van der Waals surface area contributed by atoms with Gasteiger partial charge in [-0.2, -0.15) is 0 Å². The van der Waals surface area contributed by atoms with E-state index in [9.17, 15) is 9.59 Å². The van der Waals surface area contributed by atoms with Crippen LogP contribution in [0.3, 0.4) is 0 Å². The number of hydrogen-bond acceptors (Lipinski definition) is 2. The largest absolute Gasteiger partial charge is 0.335 e. The minimum absolute atomic E-state index is 0.115. The fraction of sp³-hybridized carbons (Fsp3) is 0.556. The molecular weight excluding hydrogens is 276 g/mol. The molecule has 1 saturated carbocycles. The third-order valence-electron chi connectivity index (χ3n) is 4.93. The third kappa shape index (κ3) is 3.16. The van der Waals surface area contributed by atoms with Gasteiger partial charge in [-0.15, -0.1) is 0 Å². The lowest BCUT2D eigenvalue weighted by atomic mass is 9.78. The molecule has 1 aliphatic carbocycles. The van der Waals surface area contributed by atoms with Crippen molar-refractivity contribution < 1.29 is 9.59 Å². The first-order valence-corrected chi connectivity index (χ1v) is 8.34. The molecule has 0 unspecified atom stereocenters. The number of carbonyl (C=O) groups is 2. The summed E-state index contributed by atoms with van der Waals surface area (Å²) in [6.07, 6.45) is 7.32. The van der Waals surface area contributed by atoms with E-state index in [1.54, 1.807) is 6.07 Å². The smallest absolute Gasteiger partial charge is 0.254 e. The average molecular weight is 300 g/mol. The van der Waals surface area contributed by atoms with E-state index in [1.165, 1.54) is 32.6 Å². The summed E-state index contributed by atoms with van der Waals surface area (Å²) < 4.78 is 0. The molecule has 0 radical (unpaired) electrons. The molecule has 0 bridgehead atoms. The molecule has 1 aromatic rings. The Morgan fingerprint density at radius 3 is 2.73 bits per heavy atom. The minimum atomic E-state index is -0.116. The summed E-state index contributed by atoms with van der Waals surface area (Å²) in [5, 5.41) is 2.75. The van der Waals surface area contributed by atoms with Gasteiger partial charge in [-0.3, -0.25) is 9.59 Å². The highest BCUT2D eigenvalue weighted by atomic mass is 16.2. The Kier molecular flexibility index (Phi) is 4.46. The first-order chi connectivity index (χ1) is 10.6. The fourth-order valence-electron chi connectivity index (χ4n) is 3.98. The molecule has 2 atom stereocenters. The van der Waals surface area contributed by atoms with Crippen molar-refractivity contribution in [2.75, 3.05) is 11.9 Å². The number of anilines is 1. The van der Waals surface area contributed by atoms with Crippen molar-refractivity contribution in [3.63, 3.8) is 0 Å². The Morgan fingerprint density at radius 2 is 1.91 bits per heavy atom. The van der Waals surface area contributed by atoms with E-state index < -0.39 is 0 Å². The van der Waals surface area contributed by atoms with Gasteiger partial charge in [0, 0.05) is 30.8 Å². The number of nitrogens with zero attached hydrogens (tertiary/aromatic N) is 1. The lowest BCUT2D eigenvalue weighted by Crippen LogP contribution is -2.49. The summed E-state index contributed by atoms with van der Waals surface area (Å²) in [4.78, 5) is 26.2. The van der Waals surface area contributed by atoms with Crippen molar-refractivity contribution in [2.24, 2.45) is 5.92 Å². The van der Waals surface area contributed by atoms with Gasteiger partial charge < -0.3 is 10.2 Å². The highest BCUT2D eigenvalue weighted by Gasteiger charge is 2.35. The molecule has 2 amide bonds. The molecule has 1 N–H and O–H groups in total. The Bertz CT molecular complexity index is 568. The number of nitrogens with one attached hydrogen (secondary N) is 1. The highest BCUT2D eigenvalue weighted by Crippen LogP contribution is 2.36. The van der Waals surface area contributed by atoms with E-state index in [0.717, 1.165) is 19.4 Å². The van der Waals surface area contributed by atoms with E-state index in [4.69, 9.17) is 0 Å². The molecule has 22 heavy (non-hydrogen) atoms. The first kappa shape index (κ1) is 15.1. The zero-order valence-corrected chi connectivity index (χ0v) is 13.2. The molecule has 0 aromatic heterocycles. The summed E-state index contributed by atoms with van der Waals surface area (Å²) >= 11 is 0. The van der Waals surface area contributed by atoms with E-state index in [-0.39, 0.29) is 11.8 Å². The predicted molar refractivity (Wildman–Crippen MR) is 86.8 cm³/mol. The van der Waals surface area contributed by atoms with Gasteiger partial charge in [0.2, 0.25) is 5.91 Å². The van der Waals surface area contributed by atoms with Crippen LogP contribution >= 0.6 is 0 Å². The van der Waals surface area contributed by atoms with Crippen LogP contribution in [0.5, 0.6) is 0 Å². The third-order valence-corrected chi connectivity index (χ3v) is 4.93. The molecule has 0 spiro atoms. The van der Waals surface area contributed by atoms with E-state index in [1.807, 2.05) is 18.2 Å². The predicted octanol–water partition coefficient (Wildman–Crippen LogP) is 3.44. The normalized spacial score (nSPS) is 24.5. The summed E-state index contributed by atoms with van der Waals surface area (Å²) in [7, 11) is 0. The number of likely N-dealkylation sites (tertiary alicyclic amines) is 1.